The van der Waals surface area contributed by atoms with E-state index < -0.39 is 12.1 Å². The number of aliphatic hydroxyl groups excluding tert-OH is 2. The van der Waals surface area contributed by atoms with E-state index in [0.717, 1.165) is 51.4 Å². The van der Waals surface area contributed by atoms with Gasteiger partial charge in [-0.1, -0.05) is 378 Å². The van der Waals surface area contributed by atoms with Crippen LogP contribution in [0.1, 0.15) is 438 Å². The molecule has 508 valence electrons. The highest BCUT2D eigenvalue weighted by atomic mass is 16.5. The molecule has 0 saturated carbocycles. The second-order valence-corrected chi connectivity index (χ2v) is 27.0. The zero-order valence-corrected chi connectivity index (χ0v) is 58.3. The molecule has 0 heterocycles. The molecule has 0 aromatic heterocycles. The van der Waals surface area contributed by atoms with Gasteiger partial charge >= 0.3 is 5.97 Å². The number of amides is 1. The summed E-state index contributed by atoms with van der Waals surface area (Å²) in [4.78, 5) is 24.6. The second kappa shape index (κ2) is 75.5. The minimum absolute atomic E-state index is 0.00947. The monoisotopic (exact) mass is 1210 g/mol. The third-order valence-electron chi connectivity index (χ3n) is 18.4. The lowest BCUT2D eigenvalue weighted by Gasteiger charge is -2.22. The number of carbonyl (C=O) groups excluding carboxylic acids is 2. The first-order valence-electron chi connectivity index (χ1n) is 39.2. The zero-order chi connectivity index (χ0) is 62.0. The first kappa shape index (κ1) is 84.1. The maximum absolute atomic E-state index is 12.5. The molecule has 3 N–H and O–H groups in total. The van der Waals surface area contributed by atoms with Gasteiger partial charge in [0.05, 0.1) is 25.4 Å². The summed E-state index contributed by atoms with van der Waals surface area (Å²) in [7, 11) is 0. The largest absolute Gasteiger partial charge is 0.466 e. The fourth-order valence-electron chi connectivity index (χ4n) is 12.4. The molecule has 0 rings (SSSR count). The van der Waals surface area contributed by atoms with Crippen molar-refractivity contribution in [3.8, 4) is 0 Å². The fraction of sp³-hybridized carbons (Fsp3) is 0.900. The van der Waals surface area contributed by atoms with Crippen LogP contribution in [0.25, 0.3) is 0 Å². The van der Waals surface area contributed by atoms with Gasteiger partial charge in [0, 0.05) is 12.8 Å². The molecule has 0 aliphatic rings. The van der Waals surface area contributed by atoms with Crippen molar-refractivity contribution in [3.63, 3.8) is 0 Å². The van der Waals surface area contributed by atoms with E-state index in [1.807, 2.05) is 0 Å². The standard InChI is InChI=1S/C80H153NO5/c1-3-5-7-9-11-13-15-17-19-46-50-54-58-62-66-70-74-80(85)86-75-71-67-63-59-55-51-47-44-42-40-38-36-34-32-30-28-26-24-22-20-21-23-25-27-29-31-33-35-37-39-41-43-45-49-53-57-61-65-69-73-79(84)81-77(76-82)78(83)72-68-64-60-56-52-48-18-16-14-12-10-8-6-4-2/h13,15,19-21,46,77-78,82-83H,3-12,14,16-18,22-45,47-76H2,1-2H3,(H,81,84)/b15-13-,21-20-,46-19-. The van der Waals surface area contributed by atoms with E-state index in [0.29, 0.717) is 25.9 Å². The molecule has 0 radical (unpaired) electrons. The van der Waals surface area contributed by atoms with E-state index in [4.69, 9.17) is 4.74 Å². The Balaban J connectivity index is 3.31. The van der Waals surface area contributed by atoms with Gasteiger partial charge in [-0.3, -0.25) is 9.59 Å². The topological polar surface area (TPSA) is 95.9 Å². The quantitative estimate of drug-likeness (QED) is 0.0320. The summed E-state index contributed by atoms with van der Waals surface area (Å²) in [5, 5.41) is 23.3. The summed E-state index contributed by atoms with van der Waals surface area (Å²) in [5.41, 5.74) is 0. The number of carbonyl (C=O) groups is 2. The molecule has 1 amide bonds. The molecule has 6 heteroatoms. The Morgan fingerprint density at radius 3 is 0.907 bits per heavy atom. The first-order valence-corrected chi connectivity index (χ1v) is 39.2. The average Bonchev–Trinajstić information content (AvgIpc) is 3.51. The summed E-state index contributed by atoms with van der Waals surface area (Å²) < 4.78 is 5.50. The molecular weight excluding hydrogens is 1050 g/mol. The van der Waals surface area contributed by atoms with E-state index in [-0.39, 0.29) is 18.5 Å². The van der Waals surface area contributed by atoms with Gasteiger partial charge in [0.1, 0.15) is 0 Å². The van der Waals surface area contributed by atoms with E-state index in [9.17, 15) is 19.8 Å². The van der Waals surface area contributed by atoms with E-state index >= 15 is 0 Å². The van der Waals surface area contributed by atoms with Crippen molar-refractivity contribution in [2.45, 2.75) is 450 Å². The highest BCUT2D eigenvalue weighted by Crippen LogP contribution is 2.20. The molecule has 0 aromatic rings. The number of hydrogen-bond donors (Lipinski definition) is 3. The van der Waals surface area contributed by atoms with Gasteiger partial charge < -0.3 is 20.3 Å². The molecular formula is C80H153NO5. The van der Waals surface area contributed by atoms with Crippen LogP contribution in [0, 0.1) is 0 Å². The lowest BCUT2D eigenvalue weighted by molar-refractivity contribution is -0.143. The van der Waals surface area contributed by atoms with Crippen molar-refractivity contribution in [1.29, 1.82) is 0 Å². The average molecular weight is 1210 g/mol. The smallest absolute Gasteiger partial charge is 0.305 e. The summed E-state index contributed by atoms with van der Waals surface area (Å²) >= 11 is 0. The predicted octanol–water partition coefficient (Wildman–Crippen LogP) is 25.8. The molecule has 0 saturated heterocycles. The number of esters is 1. The predicted molar refractivity (Wildman–Crippen MR) is 379 cm³/mol. The Bertz CT molecular complexity index is 1390. The number of unbranched alkanes of at least 4 members (excludes halogenated alkanes) is 57. The van der Waals surface area contributed by atoms with Crippen molar-refractivity contribution in [2.75, 3.05) is 13.2 Å². The lowest BCUT2D eigenvalue weighted by atomic mass is 10.0. The summed E-state index contributed by atoms with van der Waals surface area (Å²) in [5.74, 6) is -0.0184. The highest BCUT2D eigenvalue weighted by Gasteiger charge is 2.20. The van der Waals surface area contributed by atoms with Gasteiger partial charge in [-0.05, 0) is 83.5 Å². The summed E-state index contributed by atoms with van der Waals surface area (Å²) in [6.07, 6.45) is 98.2. The fourth-order valence-corrected chi connectivity index (χ4v) is 12.4. The van der Waals surface area contributed by atoms with Crippen LogP contribution >= 0.6 is 0 Å². The maximum atomic E-state index is 12.5. The molecule has 0 spiro atoms. The third-order valence-corrected chi connectivity index (χ3v) is 18.4. The van der Waals surface area contributed by atoms with Crippen LogP contribution in [0.2, 0.25) is 0 Å². The Labute approximate surface area is 538 Å². The lowest BCUT2D eigenvalue weighted by Crippen LogP contribution is -2.45. The Morgan fingerprint density at radius 1 is 0.326 bits per heavy atom. The van der Waals surface area contributed by atoms with Gasteiger partial charge in [-0.15, -0.1) is 0 Å². The molecule has 0 aliphatic heterocycles. The zero-order valence-electron chi connectivity index (χ0n) is 58.3. The van der Waals surface area contributed by atoms with Gasteiger partial charge in [0.15, 0.2) is 0 Å². The molecule has 2 unspecified atom stereocenters. The Morgan fingerprint density at radius 2 is 0.581 bits per heavy atom. The minimum Gasteiger partial charge on any atom is -0.466 e. The molecule has 6 nitrogen and oxygen atoms in total. The van der Waals surface area contributed by atoms with Crippen LogP contribution in [-0.2, 0) is 14.3 Å². The number of rotatable bonds is 74. The number of aliphatic hydroxyl groups is 2. The van der Waals surface area contributed by atoms with Crippen molar-refractivity contribution < 1.29 is 24.5 Å². The maximum Gasteiger partial charge on any atom is 0.305 e. The molecule has 0 bridgehead atoms. The third kappa shape index (κ3) is 71.2. The molecule has 0 aromatic carbocycles. The van der Waals surface area contributed by atoms with Gasteiger partial charge in [-0.25, -0.2) is 0 Å². The number of hydrogen-bond acceptors (Lipinski definition) is 5. The van der Waals surface area contributed by atoms with Crippen LogP contribution in [0.15, 0.2) is 36.5 Å². The molecule has 86 heavy (non-hydrogen) atoms. The molecule has 0 aliphatic carbocycles. The van der Waals surface area contributed by atoms with Crippen molar-refractivity contribution >= 4 is 11.9 Å². The first-order chi connectivity index (χ1) is 42.5. The minimum atomic E-state index is -0.661. The van der Waals surface area contributed by atoms with E-state index in [1.54, 1.807) is 0 Å². The van der Waals surface area contributed by atoms with Crippen LogP contribution in [0.3, 0.4) is 0 Å². The van der Waals surface area contributed by atoms with Gasteiger partial charge in [0.2, 0.25) is 5.91 Å². The normalized spacial score (nSPS) is 12.7. The van der Waals surface area contributed by atoms with Crippen LogP contribution < -0.4 is 5.32 Å². The Kier molecular flexibility index (Phi) is 73.9. The van der Waals surface area contributed by atoms with Crippen LogP contribution in [0.4, 0.5) is 0 Å². The molecule has 2 atom stereocenters. The van der Waals surface area contributed by atoms with E-state index in [1.165, 1.54) is 353 Å². The van der Waals surface area contributed by atoms with Crippen LogP contribution in [0.5, 0.6) is 0 Å². The summed E-state index contributed by atoms with van der Waals surface area (Å²) in [6, 6.07) is -0.538. The van der Waals surface area contributed by atoms with E-state index in [2.05, 4.69) is 55.6 Å². The number of nitrogens with one attached hydrogen (secondary N) is 1. The Hall–Kier alpha value is -1.92. The summed E-state index contributed by atoms with van der Waals surface area (Å²) in [6.45, 7) is 4.97. The van der Waals surface area contributed by atoms with Crippen LogP contribution in [-0.4, -0.2) is 47.4 Å². The molecule has 0 fully saturated rings. The van der Waals surface area contributed by atoms with Crippen molar-refractivity contribution in [2.24, 2.45) is 0 Å². The number of allylic oxidation sites excluding steroid dienone is 6. The van der Waals surface area contributed by atoms with Gasteiger partial charge in [0.25, 0.3) is 0 Å². The van der Waals surface area contributed by atoms with Gasteiger partial charge in [-0.2, -0.15) is 0 Å². The number of ether oxygens (including phenoxy) is 1. The highest BCUT2D eigenvalue weighted by molar-refractivity contribution is 5.76. The van der Waals surface area contributed by atoms with Crippen molar-refractivity contribution in [3.05, 3.63) is 36.5 Å². The van der Waals surface area contributed by atoms with Crippen molar-refractivity contribution in [1.82, 2.24) is 5.32 Å². The second-order valence-electron chi connectivity index (χ2n) is 27.0. The SMILES string of the molecule is CCCCCC/C=C\C/C=C\CCCCCCCC(=O)OCCCCCCCCCCCCCCCCCCCC/C=C\CCCCCCCCCCCCCCCCCCCC(=O)NC(CO)C(O)CCCCCCCCCCCCCCCC.